The molecule has 3 heterocycles. The third kappa shape index (κ3) is 3.40. The maximum Gasteiger partial charge on any atom is 0.297 e. The monoisotopic (exact) mass is 427 g/mol. The number of carbonyl (C=O) groups excluding carboxylic acids is 3. The van der Waals surface area contributed by atoms with E-state index >= 15 is 0 Å². The summed E-state index contributed by atoms with van der Waals surface area (Å²) in [5, 5.41) is 8.41. The van der Waals surface area contributed by atoms with Crippen molar-refractivity contribution in [2.45, 2.75) is 24.2 Å². The number of anilines is 1. The Bertz CT molecular complexity index is 1100. The highest BCUT2D eigenvalue weighted by molar-refractivity contribution is 8.00. The van der Waals surface area contributed by atoms with Gasteiger partial charge >= 0.3 is 0 Å². The van der Waals surface area contributed by atoms with Crippen LogP contribution < -0.4 is 4.90 Å². The van der Waals surface area contributed by atoms with Crippen molar-refractivity contribution in [3.05, 3.63) is 59.0 Å². The van der Waals surface area contributed by atoms with Gasteiger partial charge in [0.1, 0.15) is 11.7 Å². The SMILES string of the molecule is CSc1nnc(N2C(=O)C(=O)C(C(=O)c3ccc(C)o3)C2c2ccc(C)cc2)s1. The molecule has 2 aromatic heterocycles. The molecule has 1 saturated heterocycles. The highest BCUT2D eigenvalue weighted by atomic mass is 32.2. The van der Waals surface area contributed by atoms with E-state index in [4.69, 9.17) is 4.42 Å². The van der Waals surface area contributed by atoms with Crippen LogP contribution in [0.4, 0.5) is 5.13 Å². The number of rotatable bonds is 5. The van der Waals surface area contributed by atoms with Crippen molar-refractivity contribution in [3.63, 3.8) is 0 Å². The smallest absolute Gasteiger partial charge is 0.297 e. The average Bonchev–Trinajstić information content (AvgIpc) is 3.41. The van der Waals surface area contributed by atoms with Crippen LogP contribution in [-0.2, 0) is 9.59 Å². The summed E-state index contributed by atoms with van der Waals surface area (Å²) in [5.74, 6) is -2.63. The molecule has 0 saturated carbocycles. The van der Waals surface area contributed by atoms with E-state index in [2.05, 4.69) is 10.2 Å². The van der Waals surface area contributed by atoms with Crippen molar-refractivity contribution in [2.75, 3.05) is 11.2 Å². The topological polar surface area (TPSA) is 93.4 Å². The largest absolute Gasteiger partial charge is 0.458 e. The maximum absolute atomic E-state index is 13.2. The molecule has 1 fully saturated rings. The molecule has 9 heteroatoms. The molecule has 1 aliphatic heterocycles. The fraction of sp³-hybridized carbons (Fsp3) is 0.250. The third-order valence-electron chi connectivity index (χ3n) is 4.77. The second kappa shape index (κ2) is 7.57. The molecule has 0 aliphatic carbocycles. The summed E-state index contributed by atoms with van der Waals surface area (Å²) in [5.41, 5.74) is 1.71. The summed E-state index contributed by atoms with van der Waals surface area (Å²) in [7, 11) is 0. The van der Waals surface area contributed by atoms with Crippen LogP contribution in [0.2, 0.25) is 0 Å². The zero-order valence-electron chi connectivity index (χ0n) is 15.9. The highest BCUT2D eigenvalue weighted by Gasteiger charge is 2.54. The quantitative estimate of drug-likeness (QED) is 0.202. The van der Waals surface area contributed by atoms with Crippen LogP contribution in [0.3, 0.4) is 0 Å². The molecule has 29 heavy (non-hydrogen) atoms. The number of nitrogens with zero attached hydrogens (tertiary/aromatic N) is 3. The van der Waals surface area contributed by atoms with Crippen molar-refractivity contribution >= 4 is 45.7 Å². The first-order valence-corrected chi connectivity index (χ1v) is 10.9. The fourth-order valence-electron chi connectivity index (χ4n) is 3.35. The zero-order chi connectivity index (χ0) is 20.7. The van der Waals surface area contributed by atoms with Crippen molar-refractivity contribution in [1.29, 1.82) is 0 Å². The standard InChI is InChI=1S/C20H17N3O4S2/c1-10-4-7-12(8-5-10)15-14(16(24)13-9-6-11(2)27-13)17(25)18(26)23(15)19-21-22-20(28-3)29-19/h4-9,14-15H,1-3H3. The lowest BCUT2D eigenvalue weighted by Crippen LogP contribution is -2.30. The lowest BCUT2D eigenvalue weighted by atomic mass is 9.88. The van der Waals surface area contributed by atoms with Gasteiger partial charge in [0.2, 0.25) is 16.7 Å². The summed E-state index contributed by atoms with van der Waals surface area (Å²) >= 11 is 2.61. The van der Waals surface area contributed by atoms with Crippen LogP contribution in [0.15, 0.2) is 45.2 Å². The van der Waals surface area contributed by atoms with Crippen molar-refractivity contribution < 1.29 is 18.8 Å². The second-order valence-corrected chi connectivity index (χ2v) is 8.71. The van der Waals surface area contributed by atoms with E-state index in [1.807, 2.05) is 37.4 Å². The molecule has 0 N–H and O–H groups in total. The summed E-state index contributed by atoms with van der Waals surface area (Å²) in [6.07, 6.45) is 1.85. The molecular weight excluding hydrogens is 410 g/mol. The first-order valence-electron chi connectivity index (χ1n) is 8.83. The zero-order valence-corrected chi connectivity index (χ0v) is 17.5. The van der Waals surface area contributed by atoms with Crippen LogP contribution in [-0.4, -0.2) is 33.9 Å². The van der Waals surface area contributed by atoms with E-state index < -0.39 is 29.4 Å². The van der Waals surface area contributed by atoms with Gasteiger partial charge in [-0.3, -0.25) is 19.3 Å². The van der Waals surface area contributed by atoms with Gasteiger partial charge in [-0.25, -0.2) is 0 Å². The molecule has 1 aliphatic rings. The van der Waals surface area contributed by atoms with E-state index in [1.54, 1.807) is 13.0 Å². The number of thioether (sulfide) groups is 1. The van der Waals surface area contributed by atoms with E-state index in [0.29, 0.717) is 20.8 Å². The van der Waals surface area contributed by atoms with Crippen molar-refractivity contribution in [2.24, 2.45) is 5.92 Å². The van der Waals surface area contributed by atoms with Crippen LogP contribution >= 0.6 is 23.1 Å². The Morgan fingerprint density at radius 1 is 1.10 bits per heavy atom. The van der Waals surface area contributed by atoms with Crippen LogP contribution in [0.25, 0.3) is 0 Å². The highest BCUT2D eigenvalue weighted by Crippen LogP contribution is 2.43. The van der Waals surface area contributed by atoms with Crippen LogP contribution in [0, 0.1) is 19.8 Å². The number of Topliss-reactive ketones (excluding diaryl/α,β-unsaturated/α-hetero) is 2. The van der Waals surface area contributed by atoms with Crippen LogP contribution in [0.1, 0.15) is 33.5 Å². The molecule has 0 radical (unpaired) electrons. The Labute approximate surface area is 175 Å². The Morgan fingerprint density at radius 3 is 2.41 bits per heavy atom. The van der Waals surface area contributed by atoms with E-state index in [1.165, 1.54) is 34.1 Å². The van der Waals surface area contributed by atoms with E-state index in [-0.39, 0.29) is 5.76 Å². The lowest BCUT2D eigenvalue weighted by molar-refractivity contribution is -0.135. The van der Waals surface area contributed by atoms with E-state index in [0.717, 1.165) is 5.56 Å². The molecule has 2 atom stereocenters. The Kier molecular flexibility index (Phi) is 5.10. The number of ketones is 2. The predicted molar refractivity (Wildman–Crippen MR) is 109 cm³/mol. The van der Waals surface area contributed by atoms with Crippen LogP contribution in [0.5, 0.6) is 0 Å². The second-order valence-electron chi connectivity index (χ2n) is 6.70. The minimum absolute atomic E-state index is 0.0645. The molecule has 148 valence electrons. The van der Waals surface area contributed by atoms with Gasteiger partial charge in [0.25, 0.3) is 5.91 Å². The minimum atomic E-state index is -1.21. The number of hydrogen-bond donors (Lipinski definition) is 0. The summed E-state index contributed by atoms with van der Waals surface area (Å²) in [4.78, 5) is 40.3. The van der Waals surface area contributed by atoms with Crippen molar-refractivity contribution in [1.82, 2.24) is 10.2 Å². The normalized spacial score (nSPS) is 19.2. The Morgan fingerprint density at radius 2 is 1.83 bits per heavy atom. The van der Waals surface area contributed by atoms with Gasteiger partial charge in [-0.15, -0.1) is 10.2 Å². The van der Waals surface area contributed by atoms with Gasteiger partial charge < -0.3 is 4.42 Å². The molecule has 1 amide bonds. The van der Waals surface area contributed by atoms with Gasteiger partial charge in [-0.1, -0.05) is 52.9 Å². The molecule has 2 unspecified atom stereocenters. The number of carbonyl (C=O) groups is 3. The molecule has 1 aromatic carbocycles. The molecule has 0 spiro atoms. The van der Waals surface area contributed by atoms with Gasteiger partial charge in [0, 0.05) is 0 Å². The molecule has 0 bridgehead atoms. The Balaban J connectivity index is 1.84. The fourth-order valence-corrected chi connectivity index (χ4v) is 4.64. The maximum atomic E-state index is 13.2. The molecule has 7 nitrogen and oxygen atoms in total. The number of amides is 1. The molecular formula is C20H17N3O4S2. The number of aryl methyl sites for hydroxylation is 2. The Hall–Kier alpha value is -2.78. The number of furan rings is 1. The van der Waals surface area contributed by atoms with Gasteiger partial charge in [-0.05, 0) is 37.8 Å². The lowest BCUT2D eigenvalue weighted by Gasteiger charge is -2.24. The van der Waals surface area contributed by atoms with E-state index in [9.17, 15) is 14.4 Å². The first kappa shape index (κ1) is 19.5. The van der Waals surface area contributed by atoms with Crippen molar-refractivity contribution in [3.8, 4) is 0 Å². The molecule has 3 aromatic rings. The van der Waals surface area contributed by atoms with Gasteiger partial charge in [-0.2, -0.15) is 0 Å². The first-order chi connectivity index (χ1) is 13.9. The number of aromatic nitrogens is 2. The number of hydrogen-bond acceptors (Lipinski definition) is 8. The predicted octanol–water partition coefficient (Wildman–Crippen LogP) is 3.63. The number of benzene rings is 1. The third-order valence-corrected chi connectivity index (χ3v) is 6.67. The van der Waals surface area contributed by atoms with Gasteiger partial charge in [0.15, 0.2) is 10.1 Å². The molecule has 4 rings (SSSR count). The summed E-state index contributed by atoms with van der Waals surface area (Å²) in [6.45, 7) is 3.66. The minimum Gasteiger partial charge on any atom is -0.458 e. The van der Waals surface area contributed by atoms with Gasteiger partial charge in [0.05, 0.1) is 6.04 Å². The summed E-state index contributed by atoms with van der Waals surface area (Å²) < 4.78 is 6.11. The average molecular weight is 428 g/mol. The summed E-state index contributed by atoms with van der Waals surface area (Å²) in [6, 6.07) is 9.78.